The van der Waals surface area contributed by atoms with Crippen molar-refractivity contribution in [2.45, 2.75) is 43.8 Å². The zero-order valence-electron chi connectivity index (χ0n) is 24.8. The van der Waals surface area contributed by atoms with Crippen molar-refractivity contribution in [2.75, 3.05) is 27.2 Å². The minimum Gasteiger partial charge on any atom is -0.508 e. The zero-order chi connectivity index (χ0) is 32.6. The molecule has 3 atom stereocenters. The second-order valence-corrected chi connectivity index (χ2v) is 9.97. The van der Waals surface area contributed by atoms with Crippen LogP contribution in [-0.2, 0) is 36.8 Å². The lowest BCUT2D eigenvalue weighted by atomic mass is 10.0. The maximum Gasteiger partial charge on any atom is 0.325 e. The number of hydrogen-bond donors (Lipinski definition) is 7. The summed E-state index contributed by atoms with van der Waals surface area (Å²) >= 11 is 0. The molecule has 238 valence electrons. The minimum atomic E-state index is -1.13. The summed E-state index contributed by atoms with van der Waals surface area (Å²) in [5.74, 6) is -2.89. The second-order valence-electron chi connectivity index (χ2n) is 9.97. The smallest absolute Gasteiger partial charge is 0.325 e. The number of esters is 1. The number of aliphatic imine (C=N–C) groups is 2. The Hall–Kier alpha value is -5.34. The fourth-order valence-corrected chi connectivity index (χ4v) is 4.20. The Bertz CT molecular complexity index is 1310. The van der Waals surface area contributed by atoms with Gasteiger partial charge in [-0.15, -0.1) is 0 Å². The number of nitrogens with one attached hydrogen (secondary N) is 2. The summed E-state index contributed by atoms with van der Waals surface area (Å²) in [6.07, 6.45) is 0.593. The molecule has 11 N–H and O–H groups in total. The topological polar surface area (TPSA) is 254 Å². The van der Waals surface area contributed by atoms with Gasteiger partial charge in [-0.1, -0.05) is 42.5 Å². The highest BCUT2D eigenvalue weighted by atomic mass is 16.5. The first kappa shape index (κ1) is 34.9. The highest BCUT2D eigenvalue weighted by Gasteiger charge is 2.31. The number of guanidine groups is 2. The zero-order valence-corrected chi connectivity index (χ0v) is 24.8. The van der Waals surface area contributed by atoms with Crippen LogP contribution in [0.5, 0.6) is 5.75 Å². The number of benzene rings is 2. The number of methoxy groups -OCH3 is 1. The maximum absolute atomic E-state index is 13.7. The molecule has 0 saturated heterocycles. The molecule has 0 saturated carbocycles. The average molecular weight is 612 g/mol. The molecule has 3 amide bonds. The molecule has 0 aromatic heterocycles. The Labute approximate surface area is 255 Å². The molecule has 0 unspecified atom stereocenters. The lowest BCUT2D eigenvalue weighted by Crippen LogP contribution is -2.56. The maximum atomic E-state index is 13.7. The van der Waals surface area contributed by atoms with Gasteiger partial charge >= 0.3 is 5.97 Å². The number of rotatable bonds is 16. The number of carbonyl (C=O) groups is 4. The Balaban J connectivity index is 2.33. The third kappa shape index (κ3) is 12.3. The third-order valence-electron chi connectivity index (χ3n) is 6.42. The molecule has 0 aliphatic carbocycles. The summed E-state index contributed by atoms with van der Waals surface area (Å²) in [6.45, 7) is -0.145. The molecular weight excluding hydrogens is 570 g/mol. The van der Waals surface area contributed by atoms with Crippen LogP contribution in [0.3, 0.4) is 0 Å². The largest absolute Gasteiger partial charge is 0.508 e. The van der Waals surface area contributed by atoms with Gasteiger partial charge in [-0.3, -0.25) is 24.2 Å². The van der Waals surface area contributed by atoms with E-state index in [1.807, 2.05) is 6.07 Å². The molecule has 2 rings (SSSR count). The van der Waals surface area contributed by atoms with E-state index in [-0.39, 0.29) is 50.0 Å². The fraction of sp³-hybridized carbons (Fsp3) is 0.379. The van der Waals surface area contributed by atoms with Crippen molar-refractivity contribution in [1.29, 1.82) is 0 Å². The van der Waals surface area contributed by atoms with Crippen LogP contribution in [0.1, 0.15) is 24.0 Å². The van der Waals surface area contributed by atoms with Crippen molar-refractivity contribution >= 4 is 35.6 Å². The summed E-state index contributed by atoms with van der Waals surface area (Å²) in [4.78, 5) is 61.4. The number of ether oxygens (including phenoxy) is 1. The molecule has 0 aliphatic rings. The van der Waals surface area contributed by atoms with Crippen LogP contribution in [0.25, 0.3) is 0 Å². The molecule has 15 nitrogen and oxygen atoms in total. The second kappa shape index (κ2) is 17.6. The number of aromatic hydroxyl groups is 1. The lowest BCUT2D eigenvalue weighted by Gasteiger charge is -2.27. The van der Waals surface area contributed by atoms with Crippen molar-refractivity contribution in [3.8, 4) is 5.75 Å². The summed E-state index contributed by atoms with van der Waals surface area (Å²) in [7, 11) is 2.62. The van der Waals surface area contributed by atoms with Gasteiger partial charge < -0.3 is 48.3 Å². The molecule has 0 heterocycles. The molecule has 0 aliphatic heterocycles. The van der Waals surface area contributed by atoms with Crippen molar-refractivity contribution in [2.24, 2.45) is 32.9 Å². The van der Waals surface area contributed by atoms with Gasteiger partial charge in [0.2, 0.25) is 17.7 Å². The van der Waals surface area contributed by atoms with Crippen LogP contribution < -0.4 is 33.6 Å². The molecule has 0 spiro atoms. The highest BCUT2D eigenvalue weighted by Crippen LogP contribution is 2.14. The van der Waals surface area contributed by atoms with E-state index in [2.05, 4.69) is 25.4 Å². The van der Waals surface area contributed by atoms with Gasteiger partial charge in [0.25, 0.3) is 0 Å². The summed E-state index contributed by atoms with van der Waals surface area (Å²) in [6, 6.07) is 11.8. The van der Waals surface area contributed by atoms with Crippen LogP contribution in [0.4, 0.5) is 0 Å². The van der Waals surface area contributed by atoms with E-state index >= 15 is 0 Å². The van der Waals surface area contributed by atoms with Crippen molar-refractivity contribution in [1.82, 2.24) is 15.5 Å². The number of amides is 3. The third-order valence-corrected chi connectivity index (χ3v) is 6.42. The summed E-state index contributed by atoms with van der Waals surface area (Å²) in [5, 5.41) is 15.0. The Morgan fingerprint density at radius 1 is 0.864 bits per heavy atom. The van der Waals surface area contributed by atoms with E-state index < -0.39 is 41.8 Å². The average Bonchev–Trinajstić information content (AvgIpc) is 2.98. The van der Waals surface area contributed by atoms with E-state index in [1.54, 1.807) is 36.4 Å². The quantitative estimate of drug-likeness (QED) is 0.0499. The lowest BCUT2D eigenvalue weighted by molar-refractivity contribution is -0.147. The van der Waals surface area contributed by atoms with E-state index in [4.69, 9.17) is 22.9 Å². The molecule has 44 heavy (non-hydrogen) atoms. The van der Waals surface area contributed by atoms with Crippen LogP contribution in [0, 0.1) is 0 Å². The standard InChI is InChI=1S/C29H41N9O6/c1-38(17-24(40)44-2)27(43)23(16-18-7-4-3-5-8-18)36-25(41)21(9-6-14-34-28(30)31)35-26(42)22(37-29(32)33)15-19-10-12-20(39)13-11-19/h3-5,7-8,10-13,21-23,39H,6,9,14-17H2,1-2H3,(H,35,42)(H,36,41)(H4,30,31,34)(H4,32,33,37)/t21-,22+,23+/m1/s1. The molecule has 2 aromatic carbocycles. The molecule has 0 radical (unpaired) electrons. The van der Waals surface area contributed by atoms with Crippen LogP contribution >= 0.6 is 0 Å². The van der Waals surface area contributed by atoms with E-state index in [9.17, 15) is 24.3 Å². The van der Waals surface area contributed by atoms with Gasteiger partial charge in [0.05, 0.1) is 7.11 Å². The monoisotopic (exact) mass is 611 g/mol. The molecule has 2 aromatic rings. The molecule has 0 bridgehead atoms. The van der Waals surface area contributed by atoms with Gasteiger partial charge in [0.1, 0.15) is 30.4 Å². The predicted molar refractivity (Wildman–Crippen MR) is 165 cm³/mol. The van der Waals surface area contributed by atoms with Crippen LogP contribution in [-0.4, -0.2) is 91.0 Å². The number of hydrogen-bond acceptors (Lipinski definition) is 8. The number of nitrogens with zero attached hydrogens (tertiary/aromatic N) is 3. The first-order chi connectivity index (χ1) is 20.9. The number of likely N-dealkylation sites (N-methyl/N-ethyl adjacent to an activating group) is 1. The summed E-state index contributed by atoms with van der Waals surface area (Å²) < 4.78 is 4.67. The molecular formula is C29H41N9O6. The fourth-order valence-electron chi connectivity index (χ4n) is 4.20. The van der Waals surface area contributed by atoms with E-state index in [1.165, 1.54) is 26.3 Å². The van der Waals surface area contributed by atoms with Gasteiger partial charge in [-0.2, -0.15) is 0 Å². The first-order valence-corrected chi connectivity index (χ1v) is 13.8. The molecule has 0 fully saturated rings. The van der Waals surface area contributed by atoms with Crippen LogP contribution in [0.2, 0.25) is 0 Å². The number of phenols is 1. The van der Waals surface area contributed by atoms with Crippen molar-refractivity contribution < 1.29 is 29.0 Å². The van der Waals surface area contributed by atoms with Crippen LogP contribution in [0.15, 0.2) is 64.6 Å². The molecule has 15 heteroatoms. The van der Waals surface area contributed by atoms with Crippen molar-refractivity contribution in [3.05, 3.63) is 65.7 Å². The number of nitrogens with two attached hydrogens (primary N) is 4. The van der Waals surface area contributed by atoms with Gasteiger partial charge in [-0.05, 0) is 36.1 Å². The van der Waals surface area contributed by atoms with E-state index in [0.717, 1.165) is 10.5 Å². The number of carbonyl (C=O) groups excluding carboxylic acids is 4. The normalized spacial score (nSPS) is 12.5. The van der Waals surface area contributed by atoms with Gasteiger partial charge in [-0.25, -0.2) is 4.99 Å². The minimum absolute atomic E-state index is 0.0472. The summed E-state index contributed by atoms with van der Waals surface area (Å²) in [5.41, 5.74) is 23.4. The van der Waals surface area contributed by atoms with Gasteiger partial charge in [0, 0.05) is 26.4 Å². The SMILES string of the molecule is COC(=O)CN(C)C(=O)[C@H](Cc1ccccc1)NC(=O)[C@@H](CCCN=C(N)N)NC(=O)[C@H](Cc1ccc(O)cc1)N=C(N)N. The highest BCUT2D eigenvalue weighted by molar-refractivity contribution is 5.94. The Morgan fingerprint density at radius 3 is 2.07 bits per heavy atom. The van der Waals surface area contributed by atoms with Crippen molar-refractivity contribution in [3.63, 3.8) is 0 Å². The van der Waals surface area contributed by atoms with E-state index in [0.29, 0.717) is 12.0 Å². The first-order valence-electron chi connectivity index (χ1n) is 13.8. The van der Waals surface area contributed by atoms with Gasteiger partial charge in [0.15, 0.2) is 11.9 Å². The number of phenolic OH excluding ortho intramolecular Hbond substituents is 1. The predicted octanol–water partition coefficient (Wildman–Crippen LogP) is -1.53. The Kier molecular flexibility index (Phi) is 13.9. The Morgan fingerprint density at radius 2 is 1.48 bits per heavy atom.